The molecule has 3 rings (SSSR count). The quantitative estimate of drug-likeness (QED) is 0.320. The number of pyridine rings is 1. The van der Waals surface area contributed by atoms with Crippen molar-refractivity contribution in [3.63, 3.8) is 0 Å². The van der Waals surface area contributed by atoms with Crippen LogP contribution in [0, 0.1) is 0 Å². The molecule has 0 amide bonds. The van der Waals surface area contributed by atoms with Crippen molar-refractivity contribution >= 4 is 16.0 Å². The van der Waals surface area contributed by atoms with Gasteiger partial charge < -0.3 is 11.5 Å². The van der Waals surface area contributed by atoms with Gasteiger partial charge in [-0.05, 0) is 36.1 Å². The summed E-state index contributed by atoms with van der Waals surface area (Å²) < 4.78 is 30.1. The van der Waals surface area contributed by atoms with E-state index in [1.54, 1.807) is 24.3 Å². The van der Waals surface area contributed by atoms with Gasteiger partial charge in [0.15, 0.2) is 11.4 Å². The SMILES string of the molecule is CCCc1cc(-c2ccccc2)cc(CCC)[n+]1-c1ccc(S(=O)(=O)N=C(N)N)cc1. The molecule has 162 valence electrons. The van der Waals surface area contributed by atoms with Crippen molar-refractivity contribution in [2.24, 2.45) is 15.9 Å². The molecule has 0 saturated heterocycles. The predicted octanol–water partition coefficient (Wildman–Crippen LogP) is 3.50. The molecule has 0 saturated carbocycles. The van der Waals surface area contributed by atoms with Crippen LogP contribution < -0.4 is 16.0 Å². The van der Waals surface area contributed by atoms with Gasteiger partial charge in [-0.25, -0.2) is 0 Å². The molecule has 0 aliphatic heterocycles. The predicted molar refractivity (Wildman–Crippen MR) is 124 cm³/mol. The Morgan fingerprint density at radius 1 is 0.839 bits per heavy atom. The van der Waals surface area contributed by atoms with Crippen LogP contribution in [0.5, 0.6) is 0 Å². The summed E-state index contributed by atoms with van der Waals surface area (Å²) in [4.78, 5) is 0.0558. The molecule has 0 aliphatic carbocycles. The summed E-state index contributed by atoms with van der Waals surface area (Å²) in [5.41, 5.74) is 16.2. The molecule has 31 heavy (non-hydrogen) atoms. The molecule has 0 unspecified atom stereocenters. The highest BCUT2D eigenvalue weighted by molar-refractivity contribution is 7.90. The minimum atomic E-state index is -3.91. The van der Waals surface area contributed by atoms with Crippen molar-refractivity contribution < 1.29 is 13.0 Å². The van der Waals surface area contributed by atoms with E-state index in [4.69, 9.17) is 11.5 Å². The van der Waals surface area contributed by atoms with Gasteiger partial charge >= 0.3 is 0 Å². The molecule has 0 atom stereocenters. The molecular weight excluding hydrogens is 408 g/mol. The van der Waals surface area contributed by atoms with Gasteiger partial charge in [0.1, 0.15) is 0 Å². The molecule has 0 aliphatic rings. The summed E-state index contributed by atoms with van der Waals surface area (Å²) in [6.07, 6.45) is 3.82. The number of nitrogens with two attached hydrogens (primary N) is 2. The molecule has 0 fully saturated rings. The van der Waals surface area contributed by atoms with Crippen LogP contribution in [-0.4, -0.2) is 14.4 Å². The van der Waals surface area contributed by atoms with Crippen LogP contribution in [0.1, 0.15) is 38.1 Å². The molecule has 2 aromatic carbocycles. The van der Waals surface area contributed by atoms with Gasteiger partial charge in [-0.15, -0.1) is 4.40 Å². The second-order valence-electron chi connectivity index (χ2n) is 7.41. The number of guanidine groups is 1. The normalized spacial score (nSPS) is 11.3. The molecule has 0 spiro atoms. The van der Waals surface area contributed by atoms with Gasteiger partial charge in [-0.3, -0.25) is 0 Å². The zero-order valence-electron chi connectivity index (χ0n) is 18.0. The molecular formula is C24H29N4O2S+. The number of aromatic nitrogens is 1. The largest absolute Gasteiger partial charge is 0.369 e. The van der Waals surface area contributed by atoms with Gasteiger partial charge in [-0.2, -0.15) is 13.0 Å². The molecule has 3 aromatic rings. The van der Waals surface area contributed by atoms with Gasteiger partial charge in [-0.1, -0.05) is 44.2 Å². The summed E-state index contributed by atoms with van der Waals surface area (Å²) >= 11 is 0. The maximum Gasteiger partial charge on any atom is 0.285 e. The topological polar surface area (TPSA) is 102 Å². The van der Waals surface area contributed by atoms with E-state index in [9.17, 15) is 8.42 Å². The fourth-order valence-corrected chi connectivity index (χ4v) is 4.54. The zero-order valence-corrected chi connectivity index (χ0v) is 18.8. The van der Waals surface area contributed by atoms with E-state index in [2.05, 4.69) is 47.1 Å². The van der Waals surface area contributed by atoms with E-state index in [0.717, 1.165) is 31.4 Å². The van der Waals surface area contributed by atoms with E-state index in [-0.39, 0.29) is 4.90 Å². The van der Waals surface area contributed by atoms with E-state index < -0.39 is 16.0 Å². The first-order valence-corrected chi connectivity index (χ1v) is 11.9. The van der Waals surface area contributed by atoms with Crippen LogP contribution in [0.4, 0.5) is 0 Å². The van der Waals surface area contributed by atoms with Crippen molar-refractivity contribution in [1.29, 1.82) is 0 Å². The van der Waals surface area contributed by atoms with Crippen molar-refractivity contribution in [3.05, 3.63) is 78.1 Å². The molecule has 4 N–H and O–H groups in total. The Kier molecular flexibility index (Phi) is 7.07. The van der Waals surface area contributed by atoms with Gasteiger partial charge in [0.2, 0.25) is 11.6 Å². The molecule has 6 nitrogen and oxygen atoms in total. The summed E-state index contributed by atoms with van der Waals surface area (Å²) in [5.74, 6) is -0.481. The van der Waals surface area contributed by atoms with Crippen molar-refractivity contribution in [1.82, 2.24) is 0 Å². The first-order chi connectivity index (χ1) is 14.9. The number of sulfonamides is 1. The highest BCUT2D eigenvalue weighted by atomic mass is 32.2. The third-order valence-electron chi connectivity index (χ3n) is 4.96. The summed E-state index contributed by atoms with van der Waals surface area (Å²) in [7, 11) is -3.91. The van der Waals surface area contributed by atoms with Gasteiger partial charge in [0, 0.05) is 37.1 Å². The van der Waals surface area contributed by atoms with Crippen molar-refractivity contribution in [2.45, 2.75) is 44.4 Å². The fraction of sp³-hybridized carbons (Fsp3) is 0.250. The van der Waals surface area contributed by atoms with Crippen LogP contribution >= 0.6 is 0 Å². The summed E-state index contributed by atoms with van der Waals surface area (Å²) in [6, 6.07) is 21.5. The van der Waals surface area contributed by atoms with E-state index in [1.165, 1.54) is 22.5 Å². The minimum Gasteiger partial charge on any atom is -0.369 e. The Hall–Kier alpha value is -3.19. The standard InChI is InChI=1S/C24H29N4O2S/c1-3-8-21-16-19(18-10-6-5-7-11-18)17-22(9-4-2)28(21)20-12-14-23(15-13-20)31(29,30)27-24(25)26/h5-7,10-17H,3-4,8-9H2,1-2H3,(H4,25,26,27)/q+1. The van der Waals surface area contributed by atoms with Crippen LogP contribution in [0.2, 0.25) is 0 Å². The van der Waals surface area contributed by atoms with E-state index in [0.29, 0.717) is 0 Å². The van der Waals surface area contributed by atoms with Crippen molar-refractivity contribution in [2.75, 3.05) is 0 Å². The van der Waals surface area contributed by atoms with Crippen molar-refractivity contribution in [3.8, 4) is 16.8 Å². The number of hydrogen-bond donors (Lipinski definition) is 2. The molecule has 1 heterocycles. The lowest BCUT2D eigenvalue weighted by atomic mass is 10.0. The molecule has 7 heteroatoms. The number of hydrogen-bond acceptors (Lipinski definition) is 2. The third-order valence-corrected chi connectivity index (χ3v) is 6.28. The van der Waals surface area contributed by atoms with Gasteiger partial charge in [0.25, 0.3) is 10.0 Å². The average molecular weight is 438 g/mol. The first-order valence-electron chi connectivity index (χ1n) is 10.4. The zero-order chi connectivity index (χ0) is 22.4. The molecule has 0 bridgehead atoms. The van der Waals surface area contributed by atoms with Crippen LogP contribution in [-0.2, 0) is 22.9 Å². The maximum absolute atomic E-state index is 12.3. The number of nitrogens with zero attached hydrogens (tertiary/aromatic N) is 2. The Labute approximate surface area is 184 Å². The second kappa shape index (κ2) is 9.75. The number of aryl methyl sites for hydroxylation is 2. The lowest BCUT2D eigenvalue weighted by molar-refractivity contribution is -0.612. The maximum atomic E-state index is 12.3. The lowest BCUT2D eigenvalue weighted by Crippen LogP contribution is -2.40. The monoisotopic (exact) mass is 437 g/mol. The number of benzene rings is 2. The molecule has 0 radical (unpaired) electrons. The first kappa shape index (κ1) is 22.5. The highest BCUT2D eigenvalue weighted by Crippen LogP contribution is 2.23. The summed E-state index contributed by atoms with van der Waals surface area (Å²) in [6.45, 7) is 4.31. The smallest absolute Gasteiger partial charge is 0.285 e. The fourth-order valence-electron chi connectivity index (χ4n) is 3.68. The Morgan fingerprint density at radius 2 is 1.39 bits per heavy atom. The van der Waals surface area contributed by atoms with E-state index in [1.807, 2.05) is 18.2 Å². The summed E-state index contributed by atoms with van der Waals surface area (Å²) in [5, 5.41) is 0. The van der Waals surface area contributed by atoms with Crippen LogP contribution in [0.3, 0.4) is 0 Å². The third kappa shape index (κ3) is 5.30. The van der Waals surface area contributed by atoms with Crippen LogP contribution in [0.15, 0.2) is 76.0 Å². The number of rotatable bonds is 8. The minimum absolute atomic E-state index is 0.0558. The van der Waals surface area contributed by atoms with E-state index >= 15 is 0 Å². The Morgan fingerprint density at radius 3 is 1.87 bits per heavy atom. The Balaban J connectivity index is 2.14. The van der Waals surface area contributed by atoms with Crippen LogP contribution in [0.25, 0.3) is 16.8 Å². The second-order valence-corrected chi connectivity index (χ2v) is 9.02. The molecule has 1 aromatic heterocycles. The lowest BCUT2D eigenvalue weighted by Gasteiger charge is -2.12. The average Bonchev–Trinajstić information content (AvgIpc) is 2.74. The van der Waals surface area contributed by atoms with Gasteiger partial charge in [0.05, 0.1) is 4.90 Å². The Bertz CT molecular complexity index is 1140. The highest BCUT2D eigenvalue weighted by Gasteiger charge is 2.22.